The van der Waals surface area contributed by atoms with Crippen LogP contribution in [-0.4, -0.2) is 41.1 Å². The second-order valence-electron chi connectivity index (χ2n) is 7.21. The largest absolute Gasteiger partial charge is 0.496 e. The number of carbonyl (C=O) groups excluding carboxylic acids is 2. The monoisotopic (exact) mass is 502 g/mol. The van der Waals surface area contributed by atoms with Crippen molar-refractivity contribution in [2.75, 3.05) is 30.4 Å². The molecule has 3 aromatic rings. The highest BCUT2D eigenvalue weighted by atomic mass is 35.5. The number of halogens is 1. The minimum Gasteiger partial charge on any atom is -0.496 e. The number of amides is 1. The average molecular weight is 503 g/mol. The summed E-state index contributed by atoms with van der Waals surface area (Å²) in [6.07, 6.45) is 0. The van der Waals surface area contributed by atoms with Crippen molar-refractivity contribution < 1.29 is 27.5 Å². The number of nitrogens with one attached hydrogen (secondary N) is 1. The Kier molecular flexibility index (Phi) is 7.80. The molecule has 0 spiro atoms. The Morgan fingerprint density at radius 1 is 1.00 bits per heavy atom. The van der Waals surface area contributed by atoms with Crippen LogP contribution in [0.2, 0.25) is 5.02 Å². The molecule has 0 aliphatic heterocycles. The van der Waals surface area contributed by atoms with E-state index in [-0.39, 0.29) is 21.2 Å². The van der Waals surface area contributed by atoms with Crippen LogP contribution in [-0.2, 0) is 19.6 Å². The number of rotatable bonds is 8. The Balaban J connectivity index is 1.93. The van der Waals surface area contributed by atoms with Gasteiger partial charge in [-0.25, -0.2) is 13.2 Å². The van der Waals surface area contributed by atoms with Crippen LogP contribution in [0.1, 0.15) is 15.9 Å². The highest BCUT2D eigenvalue weighted by molar-refractivity contribution is 7.92. The van der Waals surface area contributed by atoms with Crippen LogP contribution in [0.25, 0.3) is 0 Å². The molecule has 0 aliphatic rings. The van der Waals surface area contributed by atoms with Crippen LogP contribution in [0.15, 0.2) is 71.6 Å². The summed E-state index contributed by atoms with van der Waals surface area (Å²) >= 11 is 6.02. The third-order valence-electron chi connectivity index (χ3n) is 4.94. The quantitative estimate of drug-likeness (QED) is 0.461. The van der Waals surface area contributed by atoms with E-state index in [2.05, 4.69) is 10.1 Å². The second-order valence-corrected chi connectivity index (χ2v) is 9.48. The first-order chi connectivity index (χ1) is 16.2. The molecule has 0 bridgehead atoms. The summed E-state index contributed by atoms with van der Waals surface area (Å²) in [6.45, 7) is 1.23. The average Bonchev–Trinajstić information content (AvgIpc) is 2.83. The summed E-state index contributed by atoms with van der Waals surface area (Å²) in [4.78, 5) is 24.8. The Labute approximate surface area is 203 Å². The van der Waals surface area contributed by atoms with Gasteiger partial charge in [0.25, 0.3) is 10.0 Å². The van der Waals surface area contributed by atoms with Gasteiger partial charge in [0.2, 0.25) is 5.91 Å². The molecule has 0 aromatic heterocycles. The fourth-order valence-corrected chi connectivity index (χ4v) is 4.95. The maximum atomic E-state index is 13.5. The van der Waals surface area contributed by atoms with Crippen molar-refractivity contribution in [3.05, 3.63) is 82.9 Å². The molecule has 3 rings (SSSR count). The number of methoxy groups -OCH3 is 2. The molecule has 34 heavy (non-hydrogen) atoms. The van der Waals surface area contributed by atoms with Crippen LogP contribution in [0.5, 0.6) is 5.75 Å². The van der Waals surface area contributed by atoms with Gasteiger partial charge in [-0.2, -0.15) is 0 Å². The molecule has 0 saturated heterocycles. The summed E-state index contributed by atoms with van der Waals surface area (Å²) in [5.74, 6) is -0.729. The van der Waals surface area contributed by atoms with E-state index in [1.165, 1.54) is 44.6 Å². The Morgan fingerprint density at radius 2 is 1.71 bits per heavy atom. The molecule has 0 atom stereocenters. The summed E-state index contributed by atoms with van der Waals surface area (Å²) in [5.41, 5.74) is 1.29. The lowest BCUT2D eigenvalue weighted by molar-refractivity contribution is -0.114. The molecule has 1 N–H and O–H groups in total. The maximum absolute atomic E-state index is 13.5. The van der Waals surface area contributed by atoms with Gasteiger partial charge in [-0.05, 0) is 61.0 Å². The van der Waals surface area contributed by atoms with E-state index in [1.807, 2.05) is 0 Å². The predicted molar refractivity (Wildman–Crippen MR) is 130 cm³/mol. The van der Waals surface area contributed by atoms with Crippen LogP contribution >= 0.6 is 11.6 Å². The normalized spacial score (nSPS) is 10.9. The number of benzene rings is 3. The van der Waals surface area contributed by atoms with E-state index in [1.54, 1.807) is 43.3 Å². The first-order valence-electron chi connectivity index (χ1n) is 10.1. The van der Waals surface area contributed by atoms with Gasteiger partial charge in [0, 0.05) is 5.69 Å². The van der Waals surface area contributed by atoms with Gasteiger partial charge in [-0.3, -0.25) is 9.10 Å². The topological polar surface area (TPSA) is 102 Å². The van der Waals surface area contributed by atoms with Crippen LogP contribution in [0, 0.1) is 6.92 Å². The Hall–Kier alpha value is -3.56. The van der Waals surface area contributed by atoms with Gasteiger partial charge in [-0.1, -0.05) is 29.8 Å². The standard InChI is InChI=1S/C24H23ClN2O6S/c1-16-13-19(10-12-22(16)32-2)34(30,31)27(18-7-5-4-6-8-18)15-23(28)26-17-9-11-21(25)20(14-17)24(29)33-3/h4-14H,15H2,1-3H3,(H,26,28). The number of para-hydroxylation sites is 1. The van der Waals surface area contributed by atoms with Crippen molar-refractivity contribution in [3.8, 4) is 5.75 Å². The Bertz CT molecular complexity index is 1310. The first kappa shape index (κ1) is 25.1. The molecule has 0 heterocycles. The summed E-state index contributed by atoms with van der Waals surface area (Å²) in [6, 6.07) is 17.1. The molecule has 0 saturated carbocycles. The van der Waals surface area contributed by atoms with E-state index in [9.17, 15) is 18.0 Å². The number of hydrogen-bond donors (Lipinski definition) is 1. The zero-order chi connectivity index (χ0) is 24.9. The van der Waals surface area contributed by atoms with Gasteiger partial charge in [0.05, 0.1) is 35.4 Å². The highest BCUT2D eigenvalue weighted by Crippen LogP contribution is 2.27. The van der Waals surface area contributed by atoms with E-state index >= 15 is 0 Å². The van der Waals surface area contributed by atoms with Gasteiger partial charge in [0.1, 0.15) is 12.3 Å². The summed E-state index contributed by atoms with van der Waals surface area (Å²) < 4.78 is 38.0. The molecular weight excluding hydrogens is 480 g/mol. The predicted octanol–water partition coefficient (Wildman–Crippen LogP) is 4.28. The van der Waals surface area contributed by atoms with Crippen molar-refractivity contribution >= 4 is 44.9 Å². The van der Waals surface area contributed by atoms with Crippen molar-refractivity contribution in [3.63, 3.8) is 0 Å². The molecule has 3 aromatic carbocycles. The molecule has 0 unspecified atom stereocenters. The minimum atomic E-state index is -4.10. The number of ether oxygens (including phenoxy) is 2. The molecule has 1 amide bonds. The number of esters is 1. The van der Waals surface area contributed by atoms with Crippen molar-refractivity contribution in [2.45, 2.75) is 11.8 Å². The molecular formula is C24H23ClN2O6S. The zero-order valence-corrected chi connectivity index (χ0v) is 20.3. The smallest absolute Gasteiger partial charge is 0.339 e. The van der Waals surface area contributed by atoms with Crippen LogP contribution in [0.4, 0.5) is 11.4 Å². The lowest BCUT2D eigenvalue weighted by Gasteiger charge is -2.24. The maximum Gasteiger partial charge on any atom is 0.339 e. The van der Waals surface area contributed by atoms with E-state index in [4.69, 9.17) is 16.3 Å². The fraction of sp³-hybridized carbons (Fsp3) is 0.167. The number of anilines is 2. The molecule has 178 valence electrons. The van der Waals surface area contributed by atoms with Gasteiger partial charge in [-0.15, -0.1) is 0 Å². The molecule has 0 aliphatic carbocycles. The van der Waals surface area contributed by atoms with Crippen LogP contribution < -0.4 is 14.4 Å². The van der Waals surface area contributed by atoms with E-state index < -0.39 is 28.4 Å². The second kappa shape index (κ2) is 10.6. The van der Waals surface area contributed by atoms with E-state index in [0.717, 1.165) is 4.31 Å². The summed E-state index contributed by atoms with van der Waals surface area (Å²) in [5, 5.41) is 2.77. The molecule has 0 fully saturated rings. The van der Waals surface area contributed by atoms with Gasteiger partial charge >= 0.3 is 5.97 Å². The van der Waals surface area contributed by atoms with E-state index in [0.29, 0.717) is 17.0 Å². The fourth-order valence-electron chi connectivity index (χ4n) is 3.25. The number of aryl methyl sites for hydroxylation is 1. The zero-order valence-electron chi connectivity index (χ0n) is 18.7. The highest BCUT2D eigenvalue weighted by Gasteiger charge is 2.28. The number of sulfonamides is 1. The van der Waals surface area contributed by atoms with Crippen LogP contribution in [0.3, 0.4) is 0 Å². The number of carbonyl (C=O) groups is 2. The van der Waals surface area contributed by atoms with Crippen molar-refractivity contribution in [1.82, 2.24) is 0 Å². The molecule has 0 radical (unpaired) electrons. The summed E-state index contributed by atoms with van der Waals surface area (Å²) in [7, 11) is -1.38. The van der Waals surface area contributed by atoms with Gasteiger partial charge in [0.15, 0.2) is 0 Å². The Morgan fingerprint density at radius 3 is 2.32 bits per heavy atom. The minimum absolute atomic E-state index is 0.0157. The molecule has 10 heteroatoms. The third-order valence-corrected chi connectivity index (χ3v) is 7.04. The SMILES string of the molecule is COC(=O)c1cc(NC(=O)CN(c2ccccc2)S(=O)(=O)c2ccc(OC)c(C)c2)ccc1Cl. The van der Waals surface area contributed by atoms with Crippen molar-refractivity contribution in [1.29, 1.82) is 0 Å². The number of nitrogens with zero attached hydrogens (tertiary/aromatic N) is 1. The number of hydrogen-bond acceptors (Lipinski definition) is 6. The van der Waals surface area contributed by atoms with Crippen molar-refractivity contribution in [2.24, 2.45) is 0 Å². The first-order valence-corrected chi connectivity index (χ1v) is 11.9. The third kappa shape index (κ3) is 5.49. The van der Waals surface area contributed by atoms with Gasteiger partial charge < -0.3 is 14.8 Å². The lowest BCUT2D eigenvalue weighted by atomic mass is 10.2. The lowest BCUT2D eigenvalue weighted by Crippen LogP contribution is -2.38. The molecule has 8 nitrogen and oxygen atoms in total.